The van der Waals surface area contributed by atoms with E-state index in [1.807, 2.05) is 13.8 Å². The molecule has 1 aliphatic rings. The summed E-state index contributed by atoms with van der Waals surface area (Å²) in [6, 6.07) is 5.41. The molecule has 1 saturated heterocycles. The molecule has 1 amide bonds. The van der Waals surface area contributed by atoms with E-state index >= 15 is 0 Å². The lowest BCUT2D eigenvalue weighted by molar-refractivity contribution is -0.137. The molecule has 1 fully saturated rings. The van der Waals surface area contributed by atoms with Crippen LogP contribution in [0.3, 0.4) is 0 Å². The molecule has 0 bridgehead atoms. The van der Waals surface area contributed by atoms with Crippen molar-refractivity contribution in [1.82, 2.24) is 15.3 Å². The predicted molar refractivity (Wildman–Crippen MR) is 124 cm³/mol. The minimum atomic E-state index is -4.41. The fourth-order valence-electron chi connectivity index (χ4n) is 4.07. The van der Waals surface area contributed by atoms with Gasteiger partial charge in [0.05, 0.1) is 11.3 Å². The van der Waals surface area contributed by atoms with Crippen LogP contribution in [0.5, 0.6) is 0 Å². The van der Waals surface area contributed by atoms with Crippen LogP contribution in [0.15, 0.2) is 35.6 Å². The number of amides is 1. The van der Waals surface area contributed by atoms with Crippen LogP contribution < -0.4 is 5.32 Å². The topological polar surface area (TPSA) is 64.1 Å². The van der Waals surface area contributed by atoms with Crippen molar-refractivity contribution in [1.29, 1.82) is 0 Å². The average Bonchev–Trinajstić information content (AvgIpc) is 3.10. The first-order chi connectivity index (χ1) is 15.7. The van der Waals surface area contributed by atoms with E-state index in [1.54, 1.807) is 17.4 Å². The molecule has 1 N–H and O–H groups in total. The molecule has 0 spiro atoms. The van der Waals surface area contributed by atoms with Crippen molar-refractivity contribution in [3.63, 3.8) is 0 Å². The number of benzene rings is 1. The standard InChI is InChI=1S/C23H24F3N3O2S2/c1-14-15(2)33-21-19(14)20(28-13-29-21)32-11-18(30)27-12-22(6-8-31-9-7-22)16-4-3-5-17(10-16)23(24,25)26/h3-5,10,13H,6-9,11-12H2,1-2H3,(H,27,30). The number of halogens is 3. The molecule has 33 heavy (non-hydrogen) atoms. The number of hydrogen-bond donors (Lipinski definition) is 1. The van der Waals surface area contributed by atoms with Crippen molar-refractivity contribution in [3.8, 4) is 0 Å². The summed E-state index contributed by atoms with van der Waals surface area (Å²) in [7, 11) is 0. The third-order valence-electron chi connectivity index (χ3n) is 6.15. The van der Waals surface area contributed by atoms with Crippen molar-refractivity contribution < 1.29 is 22.7 Å². The zero-order chi connectivity index (χ0) is 23.6. The van der Waals surface area contributed by atoms with Crippen molar-refractivity contribution >= 4 is 39.2 Å². The molecular formula is C23H24F3N3O2S2. The second-order valence-corrected chi connectivity index (χ2v) is 10.3. The first kappa shape index (κ1) is 24.0. The molecule has 0 saturated carbocycles. The Hall–Kier alpha value is -2.17. The summed E-state index contributed by atoms with van der Waals surface area (Å²) < 4.78 is 45.3. The number of ether oxygens (including phenoxy) is 1. The lowest BCUT2D eigenvalue weighted by Crippen LogP contribution is -2.45. The molecule has 0 unspecified atom stereocenters. The van der Waals surface area contributed by atoms with E-state index in [1.165, 1.54) is 35.1 Å². The van der Waals surface area contributed by atoms with Crippen LogP contribution in [-0.4, -0.2) is 41.4 Å². The van der Waals surface area contributed by atoms with E-state index in [0.717, 1.165) is 26.9 Å². The van der Waals surface area contributed by atoms with Crippen LogP contribution in [-0.2, 0) is 21.1 Å². The molecule has 0 atom stereocenters. The SMILES string of the molecule is Cc1sc2ncnc(SCC(=O)NCC3(c4cccc(C(F)(F)F)c4)CCOCC3)c2c1C. The quantitative estimate of drug-likeness (QED) is 0.372. The Balaban J connectivity index is 1.47. The Bertz CT molecular complexity index is 1160. The maximum Gasteiger partial charge on any atom is 0.416 e. The normalized spacial score (nSPS) is 16.2. The molecule has 10 heteroatoms. The van der Waals surface area contributed by atoms with Crippen LogP contribution in [0.1, 0.15) is 34.4 Å². The number of alkyl halides is 3. The molecule has 0 radical (unpaired) electrons. The lowest BCUT2D eigenvalue weighted by Gasteiger charge is -2.38. The van der Waals surface area contributed by atoms with Gasteiger partial charge >= 0.3 is 6.18 Å². The van der Waals surface area contributed by atoms with Gasteiger partial charge in [0.2, 0.25) is 5.91 Å². The van der Waals surface area contributed by atoms with Gasteiger partial charge in [-0.3, -0.25) is 4.79 Å². The molecule has 5 nitrogen and oxygen atoms in total. The highest BCUT2D eigenvalue weighted by Crippen LogP contribution is 2.38. The van der Waals surface area contributed by atoms with Crippen LogP contribution in [0.4, 0.5) is 13.2 Å². The first-order valence-electron chi connectivity index (χ1n) is 10.6. The van der Waals surface area contributed by atoms with E-state index in [4.69, 9.17) is 4.74 Å². The van der Waals surface area contributed by atoms with E-state index < -0.39 is 17.2 Å². The summed E-state index contributed by atoms with van der Waals surface area (Å²) in [6.45, 7) is 5.19. The van der Waals surface area contributed by atoms with Crippen molar-refractivity contribution in [2.75, 3.05) is 25.5 Å². The molecule has 0 aliphatic carbocycles. The Kier molecular flexibility index (Phi) is 6.97. The molecule has 176 valence electrons. The van der Waals surface area contributed by atoms with Gasteiger partial charge in [-0.25, -0.2) is 9.97 Å². The van der Waals surface area contributed by atoms with Crippen molar-refractivity contribution in [2.45, 2.75) is 43.3 Å². The summed E-state index contributed by atoms with van der Waals surface area (Å²) in [6.07, 6.45) is -1.82. The third kappa shape index (κ3) is 5.17. The molecule has 1 aromatic carbocycles. The Labute approximate surface area is 198 Å². The smallest absolute Gasteiger partial charge is 0.381 e. The highest BCUT2D eigenvalue weighted by molar-refractivity contribution is 8.00. The summed E-state index contributed by atoms with van der Waals surface area (Å²) in [5, 5.41) is 4.69. The highest BCUT2D eigenvalue weighted by atomic mass is 32.2. The van der Waals surface area contributed by atoms with E-state index in [-0.39, 0.29) is 18.2 Å². The summed E-state index contributed by atoms with van der Waals surface area (Å²) in [5.41, 5.74) is 0.421. The van der Waals surface area contributed by atoms with Crippen LogP contribution in [0.2, 0.25) is 0 Å². The van der Waals surface area contributed by atoms with Crippen LogP contribution in [0, 0.1) is 13.8 Å². The molecule has 3 aromatic rings. The van der Waals surface area contributed by atoms with E-state index in [0.29, 0.717) is 31.6 Å². The fraction of sp³-hybridized carbons (Fsp3) is 0.435. The first-order valence-corrected chi connectivity index (χ1v) is 12.4. The number of carbonyl (C=O) groups excluding carboxylic acids is 1. The van der Waals surface area contributed by atoms with Gasteiger partial charge in [0.15, 0.2) is 0 Å². The zero-order valence-electron chi connectivity index (χ0n) is 18.3. The number of aromatic nitrogens is 2. The van der Waals surface area contributed by atoms with Gasteiger partial charge in [0.1, 0.15) is 16.2 Å². The number of thiophene rings is 1. The van der Waals surface area contributed by atoms with Gasteiger partial charge < -0.3 is 10.1 Å². The number of hydrogen-bond acceptors (Lipinski definition) is 6. The lowest BCUT2D eigenvalue weighted by atomic mass is 9.73. The second kappa shape index (κ2) is 9.60. The number of thioether (sulfide) groups is 1. The Morgan fingerprint density at radius 1 is 1.24 bits per heavy atom. The minimum Gasteiger partial charge on any atom is -0.381 e. The predicted octanol–water partition coefficient (Wildman–Crippen LogP) is 5.28. The number of carbonyl (C=O) groups is 1. The maximum absolute atomic E-state index is 13.3. The number of aryl methyl sites for hydroxylation is 2. The van der Waals surface area contributed by atoms with Gasteiger partial charge in [0, 0.05) is 35.4 Å². The van der Waals surface area contributed by atoms with Crippen molar-refractivity contribution in [3.05, 3.63) is 52.2 Å². The maximum atomic E-state index is 13.3. The highest BCUT2D eigenvalue weighted by Gasteiger charge is 2.37. The number of rotatable bonds is 6. The van der Waals surface area contributed by atoms with Gasteiger partial charge in [-0.05, 0) is 43.9 Å². The zero-order valence-corrected chi connectivity index (χ0v) is 19.9. The van der Waals surface area contributed by atoms with Crippen molar-refractivity contribution in [2.24, 2.45) is 0 Å². The largest absolute Gasteiger partial charge is 0.416 e. The Morgan fingerprint density at radius 3 is 2.73 bits per heavy atom. The van der Waals surface area contributed by atoms with Gasteiger partial charge in [-0.1, -0.05) is 30.0 Å². The van der Waals surface area contributed by atoms with Crippen LogP contribution >= 0.6 is 23.1 Å². The summed E-state index contributed by atoms with van der Waals surface area (Å²) >= 11 is 2.94. The monoisotopic (exact) mass is 495 g/mol. The van der Waals surface area contributed by atoms with Gasteiger partial charge in [0.25, 0.3) is 0 Å². The molecule has 4 rings (SSSR count). The molecule has 1 aliphatic heterocycles. The second-order valence-electron chi connectivity index (χ2n) is 8.18. The molecular weight excluding hydrogens is 471 g/mol. The minimum absolute atomic E-state index is 0.162. The summed E-state index contributed by atoms with van der Waals surface area (Å²) in [4.78, 5) is 23.4. The average molecular weight is 496 g/mol. The van der Waals surface area contributed by atoms with E-state index in [9.17, 15) is 18.0 Å². The number of nitrogens with zero attached hydrogens (tertiary/aromatic N) is 2. The summed E-state index contributed by atoms with van der Waals surface area (Å²) in [5.74, 6) is -0.0236. The fourth-order valence-corrected chi connectivity index (χ4v) is 6.01. The third-order valence-corrected chi connectivity index (χ3v) is 8.25. The molecule has 3 heterocycles. The number of nitrogens with one attached hydrogen (secondary N) is 1. The van der Waals surface area contributed by atoms with Gasteiger partial charge in [-0.15, -0.1) is 11.3 Å². The molecule has 2 aromatic heterocycles. The van der Waals surface area contributed by atoms with Gasteiger partial charge in [-0.2, -0.15) is 13.2 Å². The van der Waals surface area contributed by atoms with Crippen LogP contribution in [0.25, 0.3) is 10.2 Å². The Morgan fingerprint density at radius 2 is 2.00 bits per heavy atom. The van der Waals surface area contributed by atoms with E-state index in [2.05, 4.69) is 15.3 Å². The number of fused-ring (bicyclic) bond motifs is 1.